The van der Waals surface area contributed by atoms with Gasteiger partial charge in [-0.3, -0.25) is 0 Å². The summed E-state index contributed by atoms with van der Waals surface area (Å²) in [6.45, 7) is 2.11. The zero-order chi connectivity index (χ0) is 12.3. The molecular formula is C14H20Cl2N2S. The number of likely N-dealkylation sites (N-methyl/N-ethyl adjacent to an activating group) is 1. The molecule has 106 valence electrons. The second-order valence-electron chi connectivity index (χ2n) is 4.17. The lowest BCUT2D eigenvalue weighted by molar-refractivity contribution is 0.496. The van der Waals surface area contributed by atoms with E-state index in [1.807, 2.05) is 25.2 Å². The van der Waals surface area contributed by atoms with Crippen LogP contribution in [0.4, 0.5) is 0 Å². The van der Waals surface area contributed by atoms with Gasteiger partial charge in [-0.25, -0.2) is 0 Å². The Kier molecular flexibility index (Phi) is 8.30. The molecule has 1 aromatic carbocycles. The van der Waals surface area contributed by atoms with Crippen molar-refractivity contribution in [3.63, 3.8) is 0 Å². The smallest absolute Gasteiger partial charge is 0.0590 e. The van der Waals surface area contributed by atoms with E-state index in [2.05, 4.69) is 35.8 Å². The van der Waals surface area contributed by atoms with Crippen molar-refractivity contribution < 1.29 is 0 Å². The van der Waals surface area contributed by atoms with E-state index in [0.29, 0.717) is 0 Å². The van der Waals surface area contributed by atoms with Crippen LogP contribution in [-0.2, 0) is 0 Å². The average molecular weight is 319 g/mol. The average Bonchev–Trinajstić information content (AvgIpc) is 2.77. The highest BCUT2D eigenvalue weighted by molar-refractivity contribution is 7.10. The molecule has 2 atom stereocenters. The maximum Gasteiger partial charge on any atom is 0.0590 e. The molecule has 0 saturated carbocycles. The van der Waals surface area contributed by atoms with Crippen LogP contribution in [0.15, 0.2) is 41.8 Å². The van der Waals surface area contributed by atoms with Crippen LogP contribution in [0.2, 0.25) is 0 Å². The fourth-order valence-corrected chi connectivity index (χ4v) is 3.06. The van der Waals surface area contributed by atoms with Crippen LogP contribution in [0.5, 0.6) is 0 Å². The molecule has 2 unspecified atom stereocenters. The predicted octanol–water partition coefficient (Wildman–Crippen LogP) is 3.86. The van der Waals surface area contributed by atoms with Gasteiger partial charge in [-0.05, 0) is 36.5 Å². The molecule has 1 heterocycles. The normalized spacial score (nSPS) is 13.0. The van der Waals surface area contributed by atoms with Crippen LogP contribution in [0.1, 0.15) is 28.1 Å². The number of nitrogens with one attached hydrogen (secondary N) is 1. The molecule has 0 aliphatic heterocycles. The first kappa shape index (κ1) is 18.4. The Morgan fingerprint density at radius 2 is 1.74 bits per heavy atom. The topological polar surface area (TPSA) is 38.0 Å². The van der Waals surface area contributed by atoms with Crippen molar-refractivity contribution in [2.45, 2.75) is 19.0 Å². The van der Waals surface area contributed by atoms with Crippen LogP contribution in [0.25, 0.3) is 0 Å². The van der Waals surface area contributed by atoms with E-state index < -0.39 is 0 Å². The number of halogens is 2. The molecule has 0 spiro atoms. The number of hydrogen-bond acceptors (Lipinski definition) is 3. The van der Waals surface area contributed by atoms with E-state index in [1.54, 1.807) is 11.3 Å². The fraction of sp³-hybridized carbons (Fsp3) is 0.286. The number of aryl methyl sites for hydroxylation is 1. The Morgan fingerprint density at radius 1 is 1.11 bits per heavy atom. The Balaban J connectivity index is 0.00000162. The van der Waals surface area contributed by atoms with Gasteiger partial charge >= 0.3 is 0 Å². The molecule has 0 aliphatic rings. The third-order valence-corrected chi connectivity index (χ3v) is 4.15. The Morgan fingerprint density at radius 3 is 2.21 bits per heavy atom. The van der Waals surface area contributed by atoms with Crippen molar-refractivity contribution in [1.82, 2.24) is 5.32 Å². The maximum atomic E-state index is 6.37. The van der Waals surface area contributed by atoms with E-state index in [4.69, 9.17) is 5.73 Å². The third kappa shape index (κ3) is 4.20. The molecule has 0 amide bonds. The first-order valence-electron chi connectivity index (χ1n) is 5.76. The number of rotatable bonds is 4. The van der Waals surface area contributed by atoms with E-state index in [0.717, 1.165) is 0 Å². The summed E-state index contributed by atoms with van der Waals surface area (Å²) in [7, 11) is 1.96. The van der Waals surface area contributed by atoms with E-state index >= 15 is 0 Å². The minimum absolute atomic E-state index is 0. The molecule has 0 saturated heterocycles. The van der Waals surface area contributed by atoms with Crippen molar-refractivity contribution in [3.8, 4) is 0 Å². The van der Waals surface area contributed by atoms with Gasteiger partial charge in [-0.2, -0.15) is 0 Å². The quantitative estimate of drug-likeness (QED) is 0.898. The highest BCUT2D eigenvalue weighted by Crippen LogP contribution is 2.31. The third-order valence-electron chi connectivity index (χ3n) is 3.03. The molecule has 1 aromatic heterocycles. The standard InChI is InChI=1S/C14H18N2S.2ClH/c1-10-8-9-17-14(10)12(15)13(16-2)11-6-4-3-5-7-11;;/h3-9,12-13,16H,15H2,1-2H3;2*1H. The summed E-state index contributed by atoms with van der Waals surface area (Å²) < 4.78 is 0. The van der Waals surface area contributed by atoms with Crippen molar-refractivity contribution in [3.05, 3.63) is 57.8 Å². The first-order chi connectivity index (χ1) is 8.24. The lowest BCUT2D eigenvalue weighted by Crippen LogP contribution is -2.29. The van der Waals surface area contributed by atoms with Crippen molar-refractivity contribution >= 4 is 36.2 Å². The molecule has 2 aromatic rings. The van der Waals surface area contributed by atoms with Gasteiger partial charge in [0.2, 0.25) is 0 Å². The Hall–Kier alpha value is -0.580. The zero-order valence-electron chi connectivity index (χ0n) is 11.0. The van der Waals surface area contributed by atoms with Gasteiger partial charge in [0.1, 0.15) is 0 Å². The molecule has 0 bridgehead atoms. The molecule has 19 heavy (non-hydrogen) atoms. The maximum absolute atomic E-state index is 6.37. The van der Waals surface area contributed by atoms with E-state index in [-0.39, 0.29) is 36.9 Å². The molecule has 2 rings (SSSR count). The summed E-state index contributed by atoms with van der Waals surface area (Å²) in [5.74, 6) is 0. The summed E-state index contributed by atoms with van der Waals surface area (Å²) in [6, 6.07) is 12.6. The molecule has 0 radical (unpaired) electrons. The highest BCUT2D eigenvalue weighted by Gasteiger charge is 2.21. The van der Waals surface area contributed by atoms with Crippen LogP contribution >= 0.6 is 36.2 Å². The van der Waals surface area contributed by atoms with Crippen molar-refractivity contribution in [2.24, 2.45) is 5.73 Å². The number of benzene rings is 1. The predicted molar refractivity (Wildman–Crippen MR) is 88.7 cm³/mol. The van der Waals surface area contributed by atoms with Gasteiger partial charge in [-0.1, -0.05) is 30.3 Å². The summed E-state index contributed by atoms with van der Waals surface area (Å²) in [5, 5.41) is 5.41. The summed E-state index contributed by atoms with van der Waals surface area (Å²) in [4.78, 5) is 1.26. The summed E-state index contributed by atoms with van der Waals surface area (Å²) in [6.07, 6.45) is 0. The van der Waals surface area contributed by atoms with Gasteiger partial charge in [-0.15, -0.1) is 36.2 Å². The van der Waals surface area contributed by atoms with Crippen molar-refractivity contribution in [1.29, 1.82) is 0 Å². The molecule has 0 fully saturated rings. The van der Waals surface area contributed by atoms with Gasteiger partial charge in [0.15, 0.2) is 0 Å². The van der Waals surface area contributed by atoms with Gasteiger partial charge in [0.25, 0.3) is 0 Å². The number of thiophene rings is 1. The summed E-state index contributed by atoms with van der Waals surface area (Å²) >= 11 is 1.73. The second kappa shape index (κ2) is 8.56. The van der Waals surface area contributed by atoms with Gasteiger partial charge in [0.05, 0.1) is 12.1 Å². The van der Waals surface area contributed by atoms with Crippen LogP contribution in [0.3, 0.4) is 0 Å². The van der Waals surface area contributed by atoms with Crippen molar-refractivity contribution in [2.75, 3.05) is 7.05 Å². The van der Waals surface area contributed by atoms with E-state index in [1.165, 1.54) is 16.0 Å². The molecule has 2 nitrogen and oxygen atoms in total. The fourth-order valence-electron chi connectivity index (χ4n) is 2.09. The zero-order valence-corrected chi connectivity index (χ0v) is 13.4. The summed E-state index contributed by atoms with van der Waals surface area (Å²) in [5.41, 5.74) is 8.88. The largest absolute Gasteiger partial charge is 0.322 e. The lowest BCUT2D eigenvalue weighted by Gasteiger charge is -2.23. The second-order valence-corrected chi connectivity index (χ2v) is 5.12. The molecule has 5 heteroatoms. The number of nitrogens with two attached hydrogens (primary N) is 1. The molecule has 0 aliphatic carbocycles. The van der Waals surface area contributed by atoms with Gasteiger partial charge in [0, 0.05) is 4.88 Å². The number of hydrogen-bond donors (Lipinski definition) is 2. The molecule has 3 N–H and O–H groups in total. The van der Waals surface area contributed by atoms with Crippen LogP contribution < -0.4 is 11.1 Å². The van der Waals surface area contributed by atoms with Crippen LogP contribution in [0, 0.1) is 6.92 Å². The monoisotopic (exact) mass is 318 g/mol. The van der Waals surface area contributed by atoms with Gasteiger partial charge < -0.3 is 11.1 Å². The minimum Gasteiger partial charge on any atom is -0.322 e. The highest BCUT2D eigenvalue weighted by atomic mass is 35.5. The minimum atomic E-state index is 0. The SMILES string of the molecule is CNC(c1ccccc1)C(N)c1sccc1C.Cl.Cl. The lowest BCUT2D eigenvalue weighted by atomic mass is 9.97. The first-order valence-corrected chi connectivity index (χ1v) is 6.63. The Labute approximate surface area is 131 Å². The van der Waals surface area contributed by atoms with Crippen LogP contribution in [-0.4, -0.2) is 7.05 Å². The molecular weight excluding hydrogens is 299 g/mol. The Bertz CT molecular complexity index is 473. The van der Waals surface area contributed by atoms with E-state index in [9.17, 15) is 0 Å².